The summed E-state index contributed by atoms with van der Waals surface area (Å²) < 4.78 is 0. The molecule has 0 aliphatic rings. The van der Waals surface area contributed by atoms with E-state index in [-0.39, 0.29) is 6.17 Å². The van der Waals surface area contributed by atoms with Crippen LogP contribution in [-0.4, -0.2) is 19.6 Å². The van der Waals surface area contributed by atoms with Crippen molar-refractivity contribution in [2.24, 2.45) is 0 Å². The van der Waals surface area contributed by atoms with E-state index in [4.69, 9.17) is 0 Å². The highest BCUT2D eigenvalue weighted by atomic mass is 16.1. The van der Waals surface area contributed by atoms with Crippen LogP contribution in [0.5, 0.6) is 0 Å². The summed E-state index contributed by atoms with van der Waals surface area (Å²) >= 11 is 0. The Morgan fingerprint density at radius 2 is 2.33 bits per heavy atom. The Balaban J connectivity index is 3.28. The topological polar surface area (TPSA) is 41.1 Å². The third-order valence-electron chi connectivity index (χ3n) is 1.20. The molecule has 54 valence electrons. The Morgan fingerprint density at radius 3 is 2.67 bits per heavy atom. The highest BCUT2D eigenvalue weighted by Gasteiger charge is 1.98. The van der Waals surface area contributed by atoms with Crippen LogP contribution in [0, 0.1) is 0 Å². The Bertz CT molecular complexity index is 75.5. The molecule has 1 atom stereocenters. The van der Waals surface area contributed by atoms with Crippen molar-refractivity contribution in [1.82, 2.24) is 10.6 Å². The van der Waals surface area contributed by atoms with Crippen LogP contribution in [0.25, 0.3) is 0 Å². The summed E-state index contributed by atoms with van der Waals surface area (Å²) in [6.07, 6.45) is 2.92. The summed E-state index contributed by atoms with van der Waals surface area (Å²) in [4.78, 5) is 9.90. The lowest BCUT2D eigenvalue weighted by molar-refractivity contribution is -0.110. The molecule has 0 aromatic rings. The van der Waals surface area contributed by atoms with Gasteiger partial charge in [-0.1, -0.05) is 13.3 Å². The lowest BCUT2D eigenvalue weighted by Gasteiger charge is -2.12. The number of amides is 1. The number of rotatable bonds is 5. The summed E-state index contributed by atoms with van der Waals surface area (Å²) in [5.74, 6) is 0. The second kappa shape index (κ2) is 5.56. The Hall–Kier alpha value is -0.570. The molecule has 1 unspecified atom stereocenters. The van der Waals surface area contributed by atoms with Gasteiger partial charge in [0.15, 0.2) is 0 Å². The van der Waals surface area contributed by atoms with Crippen molar-refractivity contribution < 1.29 is 4.79 Å². The molecule has 3 heteroatoms. The van der Waals surface area contributed by atoms with Gasteiger partial charge in [0, 0.05) is 0 Å². The molecule has 0 heterocycles. The maximum Gasteiger partial charge on any atom is 0.208 e. The van der Waals surface area contributed by atoms with E-state index in [9.17, 15) is 4.79 Å². The zero-order valence-electron chi connectivity index (χ0n) is 5.98. The van der Waals surface area contributed by atoms with E-state index in [0.29, 0.717) is 0 Å². The van der Waals surface area contributed by atoms with Crippen LogP contribution in [0.1, 0.15) is 19.8 Å². The van der Waals surface area contributed by atoms with E-state index in [2.05, 4.69) is 17.6 Å². The van der Waals surface area contributed by atoms with E-state index in [0.717, 1.165) is 19.3 Å². The van der Waals surface area contributed by atoms with Crippen molar-refractivity contribution in [3.05, 3.63) is 0 Å². The first-order valence-corrected chi connectivity index (χ1v) is 3.22. The molecule has 9 heavy (non-hydrogen) atoms. The Morgan fingerprint density at radius 1 is 1.67 bits per heavy atom. The van der Waals surface area contributed by atoms with Gasteiger partial charge in [0.1, 0.15) is 0 Å². The van der Waals surface area contributed by atoms with Gasteiger partial charge in [-0.3, -0.25) is 4.79 Å². The molecule has 0 aliphatic carbocycles. The molecule has 3 nitrogen and oxygen atoms in total. The molecule has 0 spiro atoms. The summed E-state index contributed by atoms with van der Waals surface area (Å²) in [5.41, 5.74) is 0. The van der Waals surface area contributed by atoms with E-state index in [1.165, 1.54) is 0 Å². The van der Waals surface area contributed by atoms with E-state index >= 15 is 0 Å². The summed E-state index contributed by atoms with van der Waals surface area (Å²) in [6.45, 7) is 2.08. The minimum absolute atomic E-state index is 0.146. The van der Waals surface area contributed by atoms with Crippen LogP contribution in [0.2, 0.25) is 0 Å². The molecule has 1 amide bonds. The van der Waals surface area contributed by atoms with Crippen molar-refractivity contribution in [3.8, 4) is 0 Å². The summed E-state index contributed by atoms with van der Waals surface area (Å²) in [7, 11) is 1.83. The fourth-order valence-electron chi connectivity index (χ4n) is 0.682. The molecule has 0 aromatic heterocycles. The van der Waals surface area contributed by atoms with Gasteiger partial charge in [0.05, 0.1) is 6.17 Å². The normalized spacial score (nSPS) is 12.7. The van der Waals surface area contributed by atoms with Gasteiger partial charge >= 0.3 is 0 Å². The molecule has 2 N–H and O–H groups in total. The third kappa shape index (κ3) is 3.97. The maximum atomic E-state index is 9.90. The monoisotopic (exact) mass is 130 g/mol. The molecule has 0 bridgehead atoms. The molecular formula is C6H14N2O. The second-order valence-electron chi connectivity index (χ2n) is 1.91. The third-order valence-corrected chi connectivity index (χ3v) is 1.20. The maximum absolute atomic E-state index is 9.90. The van der Waals surface area contributed by atoms with Crippen LogP contribution in [0.15, 0.2) is 0 Å². The largest absolute Gasteiger partial charge is 0.343 e. The van der Waals surface area contributed by atoms with Gasteiger partial charge in [0.25, 0.3) is 0 Å². The van der Waals surface area contributed by atoms with Crippen molar-refractivity contribution in [1.29, 1.82) is 0 Å². The summed E-state index contributed by atoms with van der Waals surface area (Å²) in [6, 6.07) is 0. The minimum Gasteiger partial charge on any atom is -0.343 e. The number of hydrogen-bond acceptors (Lipinski definition) is 2. The van der Waals surface area contributed by atoms with Crippen molar-refractivity contribution in [2.45, 2.75) is 25.9 Å². The van der Waals surface area contributed by atoms with Gasteiger partial charge in [0.2, 0.25) is 6.41 Å². The second-order valence-corrected chi connectivity index (χ2v) is 1.91. The van der Waals surface area contributed by atoms with Crippen molar-refractivity contribution in [2.75, 3.05) is 7.05 Å². The molecule has 0 aromatic carbocycles. The predicted molar refractivity (Wildman–Crippen MR) is 37.0 cm³/mol. The predicted octanol–water partition coefficient (Wildman–Crippen LogP) is 0.0780. The molecule has 0 saturated carbocycles. The molecule has 0 radical (unpaired) electrons. The fraction of sp³-hybridized carbons (Fsp3) is 0.833. The first-order valence-electron chi connectivity index (χ1n) is 3.22. The molecular weight excluding hydrogens is 116 g/mol. The number of carbonyl (C=O) groups is 1. The highest BCUT2D eigenvalue weighted by molar-refractivity contribution is 5.46. The van der Waals surface area contributed by atoms with Crippen LogP contribution in [0.4, 0.5) is 0 Å². The lowest BCUT2D eigenvalue weighted by Crippen LogP contribution is -2.38. The fourth-order valence-corrected chi connectivity index (χ4v) is 0.682. The van der Waals surface area contributed by atoms with E-state index < -0.39 is 0 Å². The van der Waals surface area contributed by atoms with E-state index in [1.54, 1.807) is 0 Å². The van der Waals surface area contributed by atoms with Crippen LogP contribution in [0.3, 0.4) is 0 Å². The van der Waals surface area contributed by atoms with Crippen molar-refractivity contribution >= 4 is 6.41 Å². The minimum atomic E-state index is 0.146. The first-order chi connectivity index (χ1) is 4.35. The molecule has 0 fully saturated rings. The number of carbonyl (C=O) groups excluding carboxylic acids is 1. The van der Waals surface area contributed by atoms with Crippen LogP contribution >= 0.6 is 0 Å². The zero-order chi connectivity index (χ0) is 7.11. The number of hydrogen-bond donors (Lipinski definition) is 2. The standard InChI is InChI=1S/C6H14N2O/c1-3-4-6(7-2)8-5-9/h5-7H,3-4H2,1-2H3,(H,8,9). The SMILES string of the molecule is CCCC(NC)NC=O. The molecule has 0 rings (SSSR count). The quantitative estimate of drug-likeness (QED) is 0.408. The van der Waals surface area contributed by atoms with Gasteiger partial charge in [-0.05, 0) is 13.5 Å². The van der Waals surface area contributed by atoms with Crippen LogP contribution in [-0.2, 0) is 4.79 Å². The number of nitrogens with one attached hydrogen (secondary N) is 2. The summed E-state index contributed by atoms with van der Waals surface area (Å²) in [5, 5.41) is 5.60. The average molecular weight is 130 g/mol. The average Bonchev–Trinajstić information content (AvgIpc) is 1.88. The zero-order valence-corrected chi connectivity index (χ0v) is 5.98. The van der Waals surface area contributed by atoms with Gasteiger partial charge < -0.3 is 10.6 Å². The van der Waals surface area contributed by atoms with Gasteiger partial charge in [-0.2, -0.15) is 0 Å². The van der Waals surface area contributed by atoms with Gasteiger partial charge in [-0.25, -0.2) is 0 Å². The Labute approximate surface area is 55.8 Å². The molecule has 0 saturated heterocycles. The van der Waals surface area contributed by atoms with Gasteiger partial charge in [-0.15, -0.1) is 0 Å². The first kappa shape index (κ1) is 8.43. The van der Waals surface area contributed by atoms with E-state index in [1.807, 2.05) is 7.05 Å². The molecule has 0 aliphatic heterocycles. The van der Waals surface area contributed by atoms with Crippen molar-refractivity contribution in [3.63, 3.8) is 0 Å². The van der Waals surface area contributed by atoms with Crippen LogP contribution < -0.4 is 10.6 Å². The smallest absolute Gasteiger partial charge is 0.208 e. The Kier molecular flexibility index (Phi) is 5.21. The highest BCUT2D eigenvalue weighted by Crippen LogP contribution is 1.89. The lowest BCUT2D eigenvalue weighted by atomic mass is 10.3.